The van der Waals surface area contributed by atoms with Crippen LogP contribution in [0.15, 0.2) is 0 Å². The lowest BCUT2D eigenvalue weighted by molar-refractivity contribution is -0.159. The number of alkyl halides is 3. The third kappa shape index (κ3) is 9.67. The van der Waals surface area contributed by atoms with E-state index in [2.05, 4.69) is 0 Å². The second-order valence-electron chi connectivity index (χ2n) is 1.59. The molecule has 0 unspecified atom stereocenters. The monoisotopic (exact) mass is 192 g/mol. The van der Waals surface area contributed by atoms with E-state index < -0.39 is 18.6 Å². The molecular formula is C4H8ClF3N2O. The molecule has 0 saturated heterocycles. The van der Waals surface area contributed by atoms with Crippen LogP contribution in [0.3, 0.4) is 0 Å². The van der Waals surface area contributed by atoms with Crippen molar-refractivity contribution in [3.05, 3.63) is 0 Å². The van der Waals surface area contributed by atoms with Crippen LogP contribution < -0.4 is 11.1 Å². The normalized spacial score (nSPS) is 10.5. The average Bonchev–Trinajstić information content (AvgIpc) is 1.81. The summed E-state index contributed by atoms with van der Waals surface area (Å²) in [4.78, 5) is 10.2. The van der Waals surface area contributed by atoms with Gasteiger partial charge in [0, 0.05) is 0 Å². The van der Waals surface area contributed by atoms with Crippen LogP contribution in [0.4, 0.5) is 13.2 Å². The molecule has 0 aliphatic carbocycles. The predicted octanol–water partition coefficient (Wildman–Crippen LogP) is 0.0454. The van der Waals surface area contributed by atoms with Crippen molar-refractivity contribution in [3.63, 3.8) is 0 Å². The van der Waals surface area contributed by atoms with Crippen LogP contribution in [0.25, 0.3) is 0 Å². The van der Waals surface area contributed by atoms with Gasteiger partial charge in [-0.15, -0.1) is 12.4 Å². The Morgan fingerprint density at radius 2 is 1.91 bits per heavy atom. The van der Waals surface area contributed by atoms with Gasteiger partial charge in [-0.05, 0) is 0 Å². The maximum atomic E-state index is 11.2. The van der Waals surface area contributed by atoms with Crippen molar-refractivity contribution < 1.29 is 18.0 Å². The Morgan fingerprint density at radius 1 is 1.45 bits per heavy atom. The maximum absolute atomic E-state index is 11.2. The number of nitrogens with two attached hydrogens (primary N) is 1. The minimum atomic E-state index is -4.50. The Kier molecular flexibility index (Phi) is 6.44. The Morgan fingerprint density at radius 3 is 2.18 bits per heavy atom. The smallest absolute Gasteiger partial charge is 0.324 e. The molecule has 0 spiro atoms. The zero-order chi connectivity index (χ0) is 8.20. The molecule has 7 heteroatoms. The van der Waals surface area contributed by atoms with Gasteiger partial charge in [0.25, 0.3) is 0 Å². The molecule has 0 aromatic heterocycles. The van der Waals surface area contributed by atoms with E-state index in [0.29, 0.717) is 0 Å². The van der Waals surface area contributed by atoms with Gasteiger partial charge < -0.3 is 5.73 Å². The first-order chi connectivity index (χ1) is 4.45. The number of hydrogen-bond acceptors (Lipinski definition) is 3. The molecule has 0 aromatic carbocycles. The van der Waals surface area contributed by atoms with E-state index in [1.165, 1.54) is 0 Å². The van der Waals surface area contributed by atoms with Crippen molar-refractivity contribution in [2.24, 2.45) is 5.73 Å². The zero-order valence-corrected chi connectivity index (χ0v) is 6.26. The summed E-state index contributed by atoms with van der Waals surface area (Å²) >= 11 is 0. The lowest BCUT2D eigenvalue weighted by atomic mass is 10.4. The van der Waals surface area contributed by atoms with Crippen LogP contribution >= 0.6 is 12.4 Å². The molecule has 0 amide bonds. The largest absolute Gasteiger partial charge is 0.457 e. The number of rotatable bonds is 3. The summed E-state index contributed by atoms with van der Waals surface area (Å²) < 4.78 is 33.7. The summed E-state index contributed by atoms with van der Waals surface area (Å²) in [6, 6.07) is 0. The van der Waals surface area contributed by atoms with Crippen LogP contribution in [-0.4, -0.2) is 25.2 Å². The van der Waals surface area contributed by atoms with Gasteiger partial charge in [0.15, 0.2) is 5.78 Å². The number of nitrogens with one attached hydrogen (secondary N) is 1. The zero-order valence-electron chi connectivity index (χ0n) is 5.44. The lowest BCUT2D eigenvalue weighted by Crippen LogP contribution is -2.37. The second kappa shape index (κ2) is 5.34. The highest BCUT2D eigenvalue weighted by Crippen LogP contribution is 2.07. The van der Waals surface area contributed by atoms with E-state index >= 15 is 0 Å². The molecule has 11 heavy (non-hydrogen) atoms. The number of ketones is 1. The Labute approximate surface area is 67.5 Å². The molecule has 0 aliphatic heterocycles. The fraction of sp³-hybridized carbons (Fsp3) is 0.750. The van der Waals surface area contributed by atoms with Crippen LogP contribution in [0.5, 0.6) is 0 Å². The minimum absolute atomic E-state index is 0. The fourth-order valence-corrected chi connectivity index (χ4v) is 0.271. The van der Waals surface area contributed by atoms with Crippen LogP contribution in [-0.2, 0) is 4.79 Å². The first kappa shape index (κ1) is 13.3. The van der Waals surface area contributed by atoms with Gasteiger partial charge in [-0.2, -0.15) is 13.2 Å². The topological polar surface area (TPSA) is 55.1 Å². The molecule has 3 N–H and O–H groups in total. The molecule has 0 bridgehead atoms. The molecule has 0 aromatic rings. The number of carbonyl (C=O) groups is 1. The molecule has 3 nitrogen and oxygen atoms in total. The standard InChI is InChI=1S/C4H7F3N2O.ClH/c5-4(6,7)9-2-3(10)1-8;/h9H,1-2,8H2;1H. The van der Waals surface area contributed by atoms with Crippen LogP contribution in [0, 0.1) is 0 Å². The molecule has 0 radical (unpaired) electrons. The van der Waals surface area contributed by atoms with Crippen molar-refractivity contribution in [1.82, 2.24) is 5.32 Å². The first-order valence-electron chi connectivity index (χ1n) is 2.49. The number of carbonyl (C=O) groups excluding carboxylic acids is 1. The quantitative estimate of drug-likeness (QED) is 0.621. The molecular weight excluding hydrogens is 185 g/mol. The van der Waals surface area contributed by atoms with E-state index in [1.807, 2.05) is 0 Å². The van der Waals surface area contributed by atoms with Crippen molar-refractivity contribution in [3.8, 4) is 0 Å². The highest BCUT2D eigenvalue weighted by atomic mass is 35.5. The van der Waals surface area contributed by atoms with Crippen molar-refractivity contribution in [1.29, 1.82) is 0 Å². The number of Topliss-reactive ketones (excluding diaryl/α,β-unsaturated/α-hetero) is 1. The van der Waals surface area contributed by atoms with Crippen molar-refractivity contribution >= 4 is 18.2 Å². The number of halogens is 4. The third-order valence-electron chi connectivity index (χ3n) is 0.714. The summed E-state index contributed by atoms with van der Waals surface area (Å²) in [5.41, 5.74) is 4.74. The number of hydrogen-bond donors (Lipinski definition) is 2. The van der Waals surface area contributed by atoms with Crippen LogP contribution in [0.1, 0.15) is 0 Å². The van der Waals surface area contributed by atoms with E-state index in [9.17, 15) is 18.0 Å². The van der Waals surface area contributed by atoms with Crippen molar-refractivity contribution in [2.75, 3.05) is 13.1 Å². The molecule has 68 valence electrons. The molecule has 0 heterocycles. The van der Waals surface area contributed by atoms with E-state index in [-0.39, 0.29) is 19.0 Å². The lowest BCUT2D eigenvalue weighted by Gasteiger charge is -2.05. The summed E-state index contributed by atoms with van der Waals surface area (Å²) in [7, 11) is 0. The predicted molar refractivity (Wildman–Crippen MR) is 35.4 cm³/mol. The highest BCUT2D eigenvalue weighted by Gasteiger charge is 2.26. The van der Waals surface area contributed by atoms with Gasteiger partial charge >= 0.3 is 6.30 Å². The van der Waals surface area contributed by atoms with Crippen LogP contribution in [0.2, 0.25) is 0 Å². The van der Waals surface area contributed by atoms with E-state index in [4.69, 9.17) is 5.73 Å². The summed E-state index contributed by atoms with van der Waals surface area (Å²) in [5, 5.41) is 1.04. The van der Waals surface area contributed by atoms with Gasteiger partial charge in [0.05, 0.1) is 13.1 Å². The average molecular weight is 193 g/mol. The summed E-state index contributed by atoms with van der Waals surface area (Å²) in [6.45, 7) is -1.12. The molecule has 0 saturated carbocycles. The Balaban J connectivity index is 0. The summed E-state index contributed by atoms with van der Waals surface area (Å²) in [5.74, 6) is -0.669. The van der Waals surface area contributed by atoms with Gasteiger partial charge in [0.1, 0.15) is 0 Å². The Bertz CT molecular complexity index is 127. The van der Waals surface area contributed by atoms with E-state index in [1.54, 1.807) is 0 Å². The van der Waals surface area contributed by atoms with Gasteiger partial charge in [0.2, 0.25) is 0 Å². The Hall–Kier alpha value is -0.330. The maximum Gasteiger partial charge on any atom is 0.457 e. The SMILES string of the molecule is Cl.NCC(=O)CNC(F)(F)F. The van der Waals surface area contributed by atoms with Gasteiger partial charge in [-0.3, -0.25) is 4.79 Å². The van der Waals surface area contributed by atoms with E-state index in [0.717, 1.165) is 5.32 Å². The second-order valence-corrected chi connectivity index (χ2v) is 1.59. The highest BCUT2D eigenvalue weighted by molar-refractivity contribution is 5.85. The molecule has 0 atom stereocenters. The third-order valence-corrected chi connectivity index (χ3v) is 0.714. The molecule has 0 aliphatic rings. The minimum Gasteiger partial charge on any atom is -0.324 e. The van der Waals surface area contributed by atoms with Gasteiger partial charge in [-0.25, -0.2) is 5.32 Å². The van der Waals surface area contributed by atoms with Crippen molar-refractivity contribution in [2.45, 2.75) is 6.30 Å². The summed E-state index contributed by atoms with van der Waals surface area (Å²) in [6.07, 6.45) is -4.50. The van der Waals surface area contributed by atoms with Gasteiger partial charge in [-0.1, -0.05) is 0 Å². The molecule has 0 rings (SSSR count). The first-order valence-corrected chi connectivity index (χ1v) is 2.49. The fourth-order valence-electron chi connectivity index (χ4n) is 0.271. The molecule has 0 fully saturated rings.